The van der Waals surface area contributed by atoms with E-state index >= 15 is 0 Å². The summed E-state index contributed by atoms with van der Waals surface area (Å²) in [5.41, 5.74) is 2.52. The number of rotatable bonds is 5. The van der Waals surface area contributed by atoms with Crippen LogP contribution in [0.5, 0.6) is 0 Å². The van der Waals surface area contributed by atoms with E-state index in [2.05, 4.69) is 15.2 Å². The van der Waals surface area contributed by atoms with Crippen LogP contribution in [0.15, 0.2) is 42.6 Å². The van der Waals surface area contributed by atoms with E-state index in [0.29, 0.717) is 12.2 Å². The van der Waals surface area contributed by atoms with Gasteiger partial charge in [-0.1, -0.05) is 6.07 Å². The molecule has 1 saturated heterocycles. The van der Waals surface area contributed by atoms with Crippen molar-refractivity contribution >= 4 is 17.1 Å². The molecule has 1 aliphatic heterocycles. The first kappa shape index (κ1) is 14.3. The van der Waals surface area contributed by atoms with E-state index in [-0.39, 0.29) is 10.6 Å². The normalized spacial score (nSPS) is 14.1. The molecule has 2 heterocycles. The molecule has 1 fully saturated rings. The van der Waals surface area contributed by atoms with E-state index in [1.54, 1.807) is 12.3 Å². The monoisotopic (exact) mass is 298 g/mol. The largest absolute Gasteiger partial charge is 0.374 e. The van der Waals surface area contributed by atoms with E-state index in [1.807, 2.05) is 30.3 Å². The number of hydrogen-bond donors (Lipinski definition) is 1. The van der Waals surface area contributed by atoms with Crippen molar-refractivity contribution in [3.8, 4) is 0 Å². The quantitative estimate of drug-likeness (QED) is 0.678. The number of benzene rings is 1. The highest BCUT2D eigenvalue weighted by Crippen LogP contribution is 2.31. The molecule has 2 aromatic rings. The molecule has 0 saturated carbocycles. The summed E-state index contributed by atoms with van der Waals surface area (Å²) in [4.78, 5) is 17.3. The van der Waals surface area contributed by atoms with Gasteiger partial charge in [-0.2, -0.15) is 0 Å². The second kappa shape index (κ2) is 6.43. The Morgan fingerprint density at radius 1 is 1.23 bits per heavy atom. The number of nitrogens with one attached hydrogen (secondary N) is 1. The first-order valence-electron chi connectivity index (χ1n) is 7.41. The summed E-state index contributed by atoms with van der Waals surface area (Å²) >= 11 is 0. The van der Waals surface area contributed by atoms with Gasteiger partial charge in [0, 0.05) is 31.0 Å². The smallest absolute Gasteiger partial charge is 0.292 e. The Morgan fingerprint density at radius 2 is 2.05 bits per heavy atom. The Labute approximate surface area is 128 Å². The maximum absolute atomic E-state index is 11.2. The molecular formula is C16H18N4O2. The summed E-state index contributed by atoms with van der Waals surface area (Å²) in [5.74, 6) is 0. The molecule has 0 radical (unpaired) electrons. The maximum Gasteiger partial charge on any atom is 0.292 e. The zero-order valence-corrected chi connectivity index (χ0v) is 12.2. The van der Waals surface area contributed by atoms with Gasteiger partial charge in [0.25, 0.3) is 5.69 Å². The summed E-state index contributed by atoms with van der Waals surface area (Å²) in [5, 5.41) is 14.3. The lowest BCUT2D eigenvalue weighted by atomic mass is 10.2. The SMILES string of the molecule is O=[N+]([O-])c1ccc(N2CCCC2)cc1NCc1ccccn1. The molecule has 0 spiro atoms. The number of aromatic nitrogens is 1. The number of pyridine rings is 1. The van der Waals surface area contributed by atoms with Crippen molar-refractivity contribution in [1.82, 2.24) is 4.98 Å². The molecule has 1 N–H and O–H groups in total. The van der Waals surface area contributed by atoms with Gasteiger partial charge >= 0.3 is 0 Å². The summed E-state index contributed by atoms with van der Waals surface area (Å²) in [6.45, 7) is 2.49. The minimum Gasteiger partial charge on any atom is -0.374 e. The second-order valence-electron chi connectivity index (χ2n) is 5.33. The third-order valence-corrected chi connectivity index (χ3v) is 3.83. The minimum absolute atomic E-state index is 0.0962. The van der Waals surface area contributed by atoms with Crippen LogP contribution in [-0.2, 0) is 6.54 Å². The van der Waals surface area contributed by atoms with Crippen molar-refractivity contribution in [2.75, 3.05) is 23.3 Å². The van der Waals surface area contributed by atoms with Crippen LogP contribution in [0, 0.1) is 10.1 Å². The van der Waals surface area contributed by atoms with Gasteiger partial charge in [0.15, 0.2) is 0 Å². The van der Waals surface area contributed by atoms with Gasteiger partial charge < -0.3 is 10.2 Å². The highest BCUT2D eigenvalue weighted by atomic mass is 16.6. The number of anilines is 2. The van der Waals surface area contributed by atoms with Crippen LogP contribution >= 0.6 is 0 Å². The molecule has 0 aliphatic carbocycles. The van der Waals surface area contributed by atoms with E-state index in [1.165, 1.54) is 12.8 Å². The molecule has 6 nitrogen and oxygen atoms in total. The molecule has 1 aliphatic rings. The van der Waals surface area contributed by atoms with Gasteiger partial charge in [-0.25, -0.2) is 0 Å². The van der Waals surface area contributed by atoms with Crippen LogP contribution < -0.4 is 10.2 Å². The molecule has 6 heteroatoms. The van der Waals surface area contributed by atoms with Gasteiger partial charge in [0.05, 0.1) is 17.2 Å². The Balaban J connectivity index is 1.82. The van der Waals surface area contributed by atoms with Crippen LogP contribution in [0.25, 0.3) is 0 Å². The van der Waals surface area contributed by atoms with Crippen molar-refractivity contribution in [1.29, 1.82) is 0 Å². The fourth-order valence-electron chi connectivity index (χ4n) is 2.69. The lowest BCUT2D eigenvalue weighted by Crippen LogP contribution is -2.17. The number of hydrogen-bond acceptors (Lipinski definition) is 5. The summed E-state index contributed by atoms with van der Waals surface area (Å²) < 4.78 is 0. The Morgan fingerprint density at radius 3 is 2.73 bits per heavy atom. The van der Waals surface area contributed by atoms with Gasteiger partial charge in [-0.05, 0) is 37.1 Å². The molecule has 0 atom stereocenters. The standard InChI is InChI=1S/C16H18N4O2/c21-20(22)16-7-6-14(19-9-3-4-10-19)11-15(16)18-12-13-5-1-2-8-17-13/h1-2,5-8,11,18H,3-4,9-10,12H2. The van der Waals surface area contributed by atoms with Gasteiger partial charge in [-0.3, -0.25) is 15.1 Å². The molecule has 1 aromatic heterocycles. The van der Waals surface area contributed by atoms with Crippen molar-refractivity contribution < 1.29 is 4.92 Å². The predicted octanol–water partition coefficient (Wildman–Crippen LogP) is 3.20. The average molecular weight is 298 g/mol. The van der Waals surface area contributed by atoms with Crippen LogP contribution in [0.4, 0.5) is 17.1 Å². The molecule has 0 bridgehead atoms. The maximum atomic E-state index is 11.2. The van der Waals surface area contributed by atoms with E-state index in [9.17, 15) is 10.1 Å². The Hall–Kier alpha value is -2.63. The predicted molar refractivity (Wildman–Crippen MR) is 86.1 cm³/mol. The Kier molecular flexibility index (Phi) is 4.18. The van der Waals surface area contributed by atoms with Gasteiger partial charge in [-0.15, -0.1) is 0 Å². The highest BCUT2D eigenvalue weighted by Gasteiger charge is 2.18. The molecular weight excluding hydrogens is 280 g/mol. The number of nitro groups is 1. The molecule has 0 amide bonds. The molecule has 3 rings (SSSR count). The fraction of sp³-hybridized carbons (Fsp3) is 0.312. The third kappa shape index (κ3) is 3.16. The van der Waals surface area contributed by atoms with Crippen LogP contribution in [-0.4, -0.2) is 23.0 Å². The average Bonchev–Trinajstić information content (AvgIpc) is 3.08. The van der Waals surface area contributed by atoms with E-state index < -0.39 is 0 Å². The first-order chi connectivity index (χ1) is 10.7. The zero-order chi connectivity index (χ0) is 15.4. The lowest BCUT2D eigenvalue weighted by Gasteiger charge is -2.18. The van der Waals surface area contributed by atoms with Crippen molar-refractivity contribution in [2.45, 2.75) is 19.4 Å². The molecule has 0 unspecified atom stereocenters. The van der Waals surface area contributed by atoms with Crippen LogP contribution in [0.1, 0.15) is 18.5 Å². The topological polar surface area (TPSA) is 71.3 Å². The van der Waals surface area contributed by atoms with E-state index in [0.717, 1.165) is 24.5 Å². The van der Waals surface area contributed by atoms with Crippen molar-refractivity contribution in [3.05, 3.63) is 58.4 Å². The summed E-state index contributed by atoms with van der Waals surface area (Å²) in [7, 11) is 0. The lowest BCUT2D eigenvalue weighted by molar-refractivity contribution is -0.384. The van der Waals surface area contributed by atoms with Crippen LogP contribution in [0.2, 0.25) is 0 Å². The Bertz CT molecular complexity index is 654. The number of nitro benzene ring substituents is 1. The third-order valence-electron chi connectivity index (χ3n) is 3.83. The van der Waals surface area contributed by atoms with Gasteiger partial charge in [0.1, 0.15) is 5.69 Å². The highest BCUT2D eigenvalue weighted by molar-refractivity contribution is 5.69. The molecule has 22 heavy (non-hydrogen) atoms. The fourth-order valence-corrected chi connectivity index (χ4v) is 2.69. The summed E-state index contributed by atoms with van der Waals surface area (Å²) in [6.07, 6.45) is 4.06. The second-order valence-corrected chi connectivity index (χ2v) is 5.33. The molecule has 1 aromatic carbocycles. The van der Waals surface area contributed by atoms with Crippen molar-refractivity contribution in [2.24, 2.45) is 0 Å². The molecule has 114 valence electrons. The van der Waals surface area contributed by atoms with E-state index in [4.69, 9.17) is 0 Å². The van der Waals surface area contributed by atoms with Gasteiger partial charge in [0.2, 0.25) is 0 Å². The zero-order valence-electron chi connectivity index (χ0n) is 12.2. The first-order valence-corrected chi connectivity index (χ1v) is 7.41. The number of nitrogens with zero attached hydrogens (tertiary/aromatic N) is 3. The van der Waals surface area contributed by atoms with Crippen molar-refractivity contribution in [3.63, 3.8) is 0 Å². The minimum atomic E-state index is -0.353. The summed E-state index contributed by atoms with van der Waals surface area (Å²) in [6, 6.07) is 10.9. The van der Waals surface area contributed by atoms with Crippen LogP contribution in [0.3, 0.4) is 0 Å².